The Balaban J connectivity index is 1.47. The van der Waals surface area contributed by atoms with Crippen molar-refractivity contribution in [2.24, 2.45) is 0 Å². The number of rotatable bonds is 4. The number of nitrogens with zero attached hydrogens (tertiary/aromatic N) is 5. The first-order chi connectivity index (χ1) is 15.1. The maximum atomic E-state index is 13.6. The van der Waals surface area contributed by atoms with E-state index >= 15 is 0 Å². The average Bonchev–Trinajstić information content (AvgIpc) is 3.43. The summed E-state index contributed by atoms with van der Waals surface area (Å²) in [6, 6.07) is 2.88. The van der Waals surface area contributed by atoms with Crippen molar-refractivity contribution in [3.63, 3.8) is 0 Å². The van der Waals surface area contributed by atoms with E-state index < -0.39 is 17.7 Å². The third kappa shape index (κ3) is 4.03. The second kappa shape index (κ2) is 8.31. The van der Waals surface area contributed by atoms with E-state index in [9.17, 15) is 19.5 Å². The lowest BCUT2D eigenvalue weighted by Gasteiger charge is -2.42. The summed E-state index contributed by atoms with van der Waals surface area (Å²) < 4.78 is 0. The molecule has 9 nitrogen and oxygen atoms in total. The van der Waals surface area contributed by atoms with Crippen LogP contribution >= 0.6 is 11.3 Å². The number of amides is 3. The Morgan fingerprint density at radius 2 is 1.91 bits per heavy atom. The molecule has 2 fully saturated rings. The van der Waals surface area contributed by atoms with Crippen LogP contribution in [0.4, 0.5) is 4.79 Å². The molecule has 2 saturated heterocycles. The molecule has 10 heteroatoms. The van der Waals surface area contributed by atoms with E-state index in [2.05, 4.69) is 4.90 Å². The van der Waals surface area contributed by atoms with Gasteiger partial charge < -0.3 is 24.7 Å². The lowest BCUT2D eigenvalue weighted by atomic mass is 9.99. The number of piperidine rings is 1. The van der Waals surface area contributed by atoms with Crippen molar-refractivity contribution in [2.75, 3.05) is 33.5 Å². The smallest absolute Gasteiger partial charge is 0.408 e. The molecule has 4 rings (SSSR count). The van der Waals surface area contributed by atoms with Gasteiger partial charge in [0.25, 0.3) is 11.8 Å². The minimum atomic E-state index is -1.11. The Kier molecular flexibility index (Phi) is 5.83. The van der Waals surface area contributed by atoms with Crippen molar-refractivity contribution < 1.29 is 19.5 Å². The molecule has 3 aliphatic heterocycles. The maximum absolute atomic E-state index is 13.6. The Morgan fingerprint density at radius 1 is 1.22 bits per heavy atom. The van der Waals surface area contributed by atoms with Crippen LogP contribution in [0.2, 0.25) is 0 Å². The molecule has 3 amide bonds. The second-order valence-corrected chi connectivity index (χ2v) is 10.6. The number of hydrogen-bond donors (Lipinski definition) is 1. The summed E-state index contributed by atoms with van der Waals surface area (Å²) in [6.45, 7) is 7.73. The summed E-state index contributed by atoms with van der Waals surface area (Å²) in [5, 5.41) is 11.8. The zero-order valence-corrected chi connectivity index (χ0v) is 19.8. The molecule has 4 heterocycles. The fourth-order valence-electron chi connectivity index (χ4n) is 4.83. The molecule has 0 spiro atoms. The van der Waals surface area contributed by atoms with Crippen molar-refractivity contribution in [3.8, 4) is 0 Å². The van der Waals surface area contributed by atoms with Gasteiger partial charge in [0.2, 0.25) is 0 Å². The third-order valence-corrected chi connectivity index (χ3v) is 7.26. The minimum absolute atomic E-state index is 0.0559. The van der Waals surface area contributed by atoms with E-state index in [0.29, 0.717) is 32.6 Å². The van der Waals surface area contributed by atoms with Gasteiger partial charge in [-0.1, -0.05) is 6.07 Å². The molecule has 1 aromatic rings. The number of carbonyl (C=O) groups is 3. The number of hydrogen-bond acceptors (Lipinski definition) is 6. The van der Waals surface area contributed by atoms with Crippen molar-refractivity contribution >= 4 is 29.2 Å². The molecule has 0 saturated carbocycles. The Morgan fingerprint density at radius 3 is 2.44 bits per heavy atom. The highest BCUT2D eigenvalue weighted by Crippen LogP contribution is 2.35. The van der Waals surface area contributed by atoms with Crippen LogP contribution in [0.3, 0.4) is 0 Å². The number of fused-ring (bicyclic) bond motifs is 1. The van der Waals surface area contributed by atoms with Gasteiger partial charge in [0, 0.05) is 42.8 Å². The van der Waals surface area contributed by atoms with Crippen LogP contribution in [0.5, 0.6) is 0 Å². The van der Waals surface area contributed by atoms with Crippen LogP contribution in [0.15, 0.2) is 29.4 Å². The van der Waals surface area contributed by atoms with Gasteiger partial charge in [-0.05, 0) is 45.1 Å². The number of carboxylic acid groups (broad SMARTS) is 1. The van der Waals surface area contributed by atoms with E-state index in [1.807, 2.05) is 40.6 Å². The fourth-order valence-corrected chi connectivity index (χ4v) is 5.63. The molecule has 0 bridgehead atoms. The Hall–Kier alpha value is -2.75. The SMILES string of the molecule is CN1C=C2C(=O)N(C3CCN(C(=O)C(c4cccs4)N(C(=O)O)C(C)(C)C)CC3)CN2C1. The van der Waals surface area contributed by atoms with E-state index in [1.54, 1.807) is 25.7 Å². The molecule has 1 unspecified atom stereocenters. The van der Waals surface area contributed by atoms with Gasteiger partial charge in [0.15, 0.2) is 0 Å². The standard InChI is InChI=1S/C22H31N5O4S/c1-22(2,3)27(21(30)31)18(17-6-5-11-32-17)20(29)24-9-7-15(8-10-24)26-14-25-13-23(4)12-16(25)19(26)28/h5-6,11-12,15,18H,7-10,13-14H2,1-4H3,(H,30,31). The molecule has 1 atom stereocenters. The topological polar surface area (TPSA) is 87.6 Å². The largest absolute Gasteiger partial charge is 0.465 e. The third-order valence-electron chi connectivity index (χ3n) is 6.33. The van der Waals surface area contributed by atoms with Crippen LogP contribution in [-0.4, -0.2) is 92.6 Å². The highest BCUT2D eigenvalue weighted by atomic mass is 32.1. The van der Waals surface area contributed by atoms with Gasteiger partial charge >= 0.3 is 6.09 Å². The van der Waals surface area contributed by atoms with E-state index in [1.165, 1.54) is 16.2 Å². The van der Waals surface area contributed by atoms with Crippen LogP contribution in [0, 0.1) is 0 Å². The molecule has 174 valence electrons. The van der Waals surface area contributed by atoms with Crippen LogP contribution in [-0.2, 0) is 9.59 Å². The van der Waals surface area contributed by atoms with Crippen LogP contribution in [0.25, 0.3) is 0 Å². The van der Waals surface area contributed by atoms with Gasteiger partial charge in [0.05, 0.1) is 13.3 Å². The summed E-state index contributed by atoms with van der Waals surface area (Å²) in [7, 11) is 1.95. The lowest BCUT2D eigenvalue weighted by Crippen LogP contribution is -2.54. The second-order valence-electron chi connectivity index (χ2n) is 9.67. The van der Waals surface area contributed by atoms with Gasteiger partial charge in [-0.25, -0.2) is 4.79 Å². The van der Waals surface area contributed by atoms with E-state index in [4.69, 9.17) is 0 Å². The zero-order valence-electron chi connectivity index (χ0n) is 19.0. The predicted molar refractivity (Wildman–Crippen MR) is 121 cm³/mol. The molecule has 0 aromatic carbocycles. The van der Waals surface area contributed by atoms with Gasteiger partial charge in [-0.15, -0.1) is 11.3 Å². The molecular formula is C22H31N5O4S. The molecule has 32 heavy (non-hydrogen) atoms. The van der Waals surface area contributed by atoms with Gasteiger partial charge in [0.1, 0.15) is 11.7 Å². The molecule has 1 N–H and O–H groups in total. The highest BCUT2D eigenvalue weighted by molar-refractivity contribution is 7.10. The summed E-state index contributed by atoms with van der Waals surface area (Å²) in [4.78, 5) is 48.3. The van der Waals surface area contributed by atoms with Gasteiger partial charge in [-0.2, -0.15) is 0 Å². The molecule has 0 aliphatic carbocycles. The van der Waals surface area contributed by atoms with Crippen LogP contribution < -0.4 is 0 Å². The summed E-state index contributed by atoms with van der Waals surface area (Å²) >= 11 is 1.39. The summed E-state index contributed by atoms with van der Waals surface area (Å²) in [6.07, 6.45) is 2.16. The van der Waals surface area contributed by atoms with Crippen LogP contribution in [0.1, 0.15) is 44.5 Å². The molecular weight excluding hydrogens is 430 g/mol. The normalized spacial score (nSPS) is 20.5. The number of thiophene rings is 1. The summed E-state index contributed by atoms with van der Waals surface area (Å²) in [5.74, 6) is -0.138. The summed E-state index contributed by atoms with van der Waals surface area (Å²) in [5.41, 5.74) is 0.00912. The van der Waals surface area contributed by atoms with E-state index in [-0.39, 0.29) is 17.9 Å². The number of carbonyl (C=O) groups excluding carboxylic acids is 2. The number of likely N-dealkylation sites (tertiary alicyclic amines) is 1. The van der Waals surface area contributed by atoms with Crippen molar-refractivity contribution in [1.82, 2.24) is 24.5 Å². The highest BCUT2D eigenvalue weighted by Gasteiger charge is 2.44. The van der Waals surface area contributed by atoms with Gasteiger partial charge in [-0.3, -0.25) is 14.5 Å². The maximum Gasteiger partial charge on any atom is 0.408 e. The quantitative estimate of drug-likeness (QED) is 0.741. The van der Waals surface area contributed by atoms with Crippen molar-refractivity contribution in [1.29, 1.82) is 0 Å². The lowest BCUT2D eigenvalue weighted by molar-refractivity contribution is -0.140. The zero-order chi connectivity index (χ0) is 23.2. The fraction of sp³-hybridized carbons (Fsp3) is 0.591. The Bertz CT molecular complexity index is 917. The first kappa shape index (κ1) is 22.4. The first-order valence-electron chi connectivity index (χ1n) is 10.9. The average molecular weight is 462 g/mol. The monoisotopic (exact) mass is 461 g/mol. The van der Waals surface area contributed by atoms with E-state index in [0.717, 1.165) is 17.2 Å². The van der Waals surface area contributed by atoms with Crippen molar-refractivity contribution in [3.05, 3.63) is 34.3 Å². The Labute approximate surface area is 192 Å². The molecule has 3 aliphatic rings. The minimum Gasteiger partial charge on any atom is -0.465 e. The molecule has 0 radical (unpaired) electrons. The predicted octanol–water partition coefficient (Wildman–Crippen LogP) is 2.40. The van der Waals surface area contributed by atoms with Crippen molar-refractivity contribution in [2.45, 2.75) is 51.2 Å². The first-order valence-corrected chi connectivity index (χ1v) is 11.8. The molecule has 1 aromatic heterocycles.